The number of anilines is 2. The Bertz CT molecular complexity index is 818. The largest absolute Gasteiger partial charge is 0.451 e. The number of hydrogen-bond donors (Lipinski definition) is 3. The summed E-state index contributed by atoms with van der Waals surface area (Å²) in [5.74, 6) is -1.81. The number of esters is 1. The molecular weight excluding hydrogens is 370 g/mol. The first-order chi connectivity index (χ1) is 12.8. The molecule has 0 saturated carbocycles. The lowest BCUT2D eigenvalue weighted by Gasteiger charge is -2.14. The van der Waals surface area contributed by atoms with Crippen molar-refractivity contribution in [2.24, 2.45) is 0 Å². The van der Waals surface area contributed by atoms with Crippen LogP contribution in [0.3, 0.4) is 0 Å². The van der Waals surface area contributed by atoms with E-state index in [2.05, 4.69) is 16.0 Å². The minimum atomic E-state index is -1.04. The summed E-state index contributed by atoms with van der Waals surface area (Å²) >= 11 is 1.26. The van der Waals surface area contributed by atoms with Crippen LogP contribution in [0.1, 0.15) is 23.5 Å². The van der Waals surface area contributed by atoms with Crippen LogP contribution < -0.4 is 16.0 Å². The van der Waals surface area contributed by atoms with Gasteiger partial charge in [-0.25, -0.2) is 0 Å². The van der Waals surface area contributed by atoms with E-state index in [1.165, 1.54) is 25.2 Å². The monoisotopic (exact) mass is 389 g/mol. The molecule has 0 fully saturated rings. The molecule has 27 heavy (non-hydrogen) atoms. The second-order valence-corrected chi connectivity index (χ2v) is 6.49. The second kappa shape index (κ2) is 9.48. The third-order valence-corrected chi connectivity index (χ3v) is 4.16. The van der Waals surface area contributed by atoms with Gasteiger partial charge in [-0.05, 0) is 42.6 Å². The first-order valence-corrected chi connectivity index (χ1v) is 8.93. The molecule has 3 amide bonds. The number of amides is 3. The van der Waals surface area contributed by atoms with E-state index in [0.717, 1.165) is 0 Å². The maximum Gasteiger partial charge on any atom is 0.326 e. The minimum absolute atomic E-state index is 0.196. The van der Waals surface area contributed by atoms with Crippen molar-refractivity contribution >= 4 is 46.4 Å². The van der Waals surface area contributed by atoms with Gasteiger partial charge in [-0.2, -0.15) is 0 Å². The molecule has 1 atom stereocenters. The minimum Gasteiger partial charge on any atom is -0.451 e. The van der Waals surface area contributed by atoms with Crippen LogP contribution in [-0.2, 0) is 19.1 Å². The zero-order valence-electron chi connectivity index (χ0n) is 14.8. The molecule has 9 heteroatoms. The molecular formula is C18H19N3O5S. The highest BCUT2D eigenvalue weighted by Crippen LogP contribution is 2.14. The standard InChI is InChI=1S/C18H19N3O5S/c1-11(26-16(23)10-19-18(25)15-4-3-9-27-15)17(24)21-14-7-5-13(6-8-14)20-12(2)22/h3-9,11H,10H2,1-2H3,(H,19,25)(H,20,22)(H,21,24)/t11-/m0/s1. The molecule has 3 N–H and O–H groups in total. The van der Waals surface area contributed by atoms with Gasteiger partial charge in [0.2, 0.25) is 5.91 Å². The highest BCUT2D eigenvalue weighted by atomic mass is 32.1. The number of carbonyl (C=O) groups is 4. The summed E-state index contributed by atoms with van der Waals surface area (Å²) in [5, 5.41) is 9.40. The van der Waals surface area contributed by atoms with Crippen molar-refractivity contribution in [2.75, 3.05) is 17.2 Å². The summed E-state index contributed by atoms with van der Waals surface area (Å²) in [5.41, 5.74) is 1.09. The van der Waals surface area contributed by atoms with Gasteiger partial charge in [0.1, 0.15) is 6.54 Å². The summed E-state index contributed by atoms with van der Waals surface area (Å²) < 4.78 is 5.01. The van der Waals surface area contributed by atoms with Gasteiger partial charge in [0.15, 0.2) is 6.10 Å². The van der Waals surface area contributed by atoms with Gasteiger partial charge >= 0.3 is 5.97 Å². The molecule has 0 aliphatic heterocycles. The fourth-order valence-corrected chi connectivity index (χ4v) is 2.66. The van der Waals surface area contributed by atoms with Crippen LogP contribution in [0.25, 0.3) is 0 Å². The fraction of sp³-hybridized carbons (Fsp3) is 0.222. The van der Waals surface area contributed by atoms with Gasteiger partial charge in [0, 0.05) is 18.3 Å². The van der Waals surface area contributed by atoms with E-state index in [0.29, 0.717) is 16.3 Å². The molecule has 0 radical (unpaired) electrons. The number of carbonyl (C=O) groups excluding carboxylic acids is 4. The average molecular weight is 389 g/mol. The molecule has 0 unspecified atom stereocenters. The molecule has 0 bridgehead atoms. The van der Waals surface area contributed by atoms with Crippen molar-refractivity contribution in [3.05, 3.63) is 46.7 Å². The number of thiophene rings is 1. The van der Waals surface area contributed by atoms with Crippen molar-refractivity contribution in [3.8, 4) is 0 Å². The number of nitrogens with one attached hydrogen (secondary N) is 3. The van der Waals surface area contributed by atoms with Gasteiger partial charge in [-0.15, -0.1) is 11.3 Å². The number of rotatable bonds is 7. The van der Waals surface area contributed by atoms with E-state index in [1.807, 2.05) is 0 Å². The second-order valence-electron chi connectivity index (χ2n) is 5.54. The first-order valence-electron chi connectivity index (χ1n) is 8.05. The summed E-state index contributed by atoms with van der Waals surface area (Å²) in [6, 6.07) is 9.85. The molecule has 142 valence electrons. The van der Waals surface area contributed by atoms with Crippen LogP contribution in [0.2, 0.25) is 0 Å². The third kappa shape index (κ3) is 6.55. The van der Waals surface area contributed by atoms with E-state index >= 15 is 0 Å². The third-order valence-electron chi connectivity index (χ3n) is 3.29. The van der Waals surface area contributed by atoms with Crippen LogP contribution in [0.15, 0.2) is 41.8 Å². The van der Waals surface area contributed by atoms with Crippen molar-refractivity contribution in [1.29, 1.82) is 0 Å². The van der Waals surface area contributed by atoms with E-state index in [1.54, 1.807) is 41.8 Å². The Hall–Kier alpha value is -3.20. The maximum absolute atomic E-state index is 12.1. The Kier molecular flexibility index (Phi) is 7.07. The molecule has 1 aromatic carbocycles. The van der Waals surface area contributed by atoms with E-state index in [4.69, 9.17) is 4.74 Å². The van der Waals surface area contributed by atoms with E-state index < -0.39 is 18.0 Å². The predicted molar refractivity (Wildman–Crippen MR) is 102 cm³/mol. The van der Waals surface area contributed by atoms with Gasteiger partial charge in [-0.1, -0.05) is 6.07 Å². The summed E-state index contributed by atoms with van der Waals surface area (Å²) in [6.45, 7) is 2.49. The Balaban J connectivity index is 1.78. The summed E-state index contributed by atoms with van der Waals surface area (Å²) in [6.07, 6.45) is -1.04. The number of benzene rings is 1. The van der Waals surface area contributed by atoms with Crippen LogP contribution in [0, 0.1) is 0 Å². The van der Waals surface area contributed by atoms with Crippen molar-refractivity contribution in [3.63, 3.8) is 0 Å². The fourth-order valence-electron chi connectivity index (χ4n) is 2.02. The number of ether oxygens (including phenoxy) is 1. The van der Waals surface area contributed by atoms with Crippen LogP contribution in [0.4, 0.5) is 11.4 Å². The van der Waals surface area contributed by atoms with Crippen LogP contribution in [0.5, 0.6) is 0 Å². The molecule has 0 aliphatic rings. The highest BCUT2D eigenvalue weighted by molar-refractivity contribution is 7.12. The number of hydrogen-bond acceptors (Lipinski definition) is 6. The Morgan fingerprint density at radius 1 is 1.04 bits per heavy atom. The van der Waals surface area contributed by atoms with Crippen molar-refractivity contribution in [1.82, 2.24) is 5.32 Å². The molecule has 0 saturated heterocycles. The molecule has 1 aromatic heterocycles. The maximum atomic E-state index is 12.1. The molecule has 2 rings (SSSR count). The normalized spacial score (nSPS) is 11.2. The van der Waals surface area contributed by atoms with E-state index in [9.17, 15) is 19.2 Å². The highest BCUT2D eigenvalue weighted by Gasteiger charge is 2.18. The molecule has 8 nitrogen and oxygen atoms in total. The Labute approximate surface area is 159 Å². The topological polar surface area (TPSA) is 114 Å². The SMILES string of the molecule is CC(=O)Nc1ccc(NC(=O)[C@H](C)OC(=O)CNC(=O)c2cccs2)cc1. The lowest BCUT2D eigenvalue weighted by atomic mass is 10.2. The van der Waals surface area contributed by atoms with Crippen molar-refractivity contribution in [2.45, 2.75) is 20.0 Å². The predicted octanol–water partition coefficient (Wildman–Crippen LogP) is 2.01. The first kappa shape index (κ1) is 20.1. The molecule has 1 heterocycles. The lowest BCUT2D eigenvalue weighted by Crippen LogP contribution is -2.35. The summed E-state index contributed by atoms with van der Waals surface area (Å²) in [4.78, 5) is 47.1. The Morgan fingerprint density at radius 3 is 2.22 bits per heavy atom. The summed E-state index contributed by atoms with van der Waals surface area (Å²) in [7, 11) is 0. The zero-order chi connectivity index (χ0) is 19.8. The van der Waals surface area contributed by atoms with Gasteiger partial charge < -0.3 is 20.7 Å². The zero-order valence-corrected chi connectivity index (χ0v) is 15.6. The van der Waals surface area contributed by atoms with Gasteiger partial charge in [0.25, 0.3) is 11.8 Å². The Morgan fingerprint density at radius 2 is 1.67 bits per heavy atom. The van der Waals surface area contributed by atoms with E-state index in [-0.39, 0.29) is 18.4 Å². The van der Waals surface area contributed by atoms with Crippen LogP contribution in [-0.4, -0.2) is 36.3 Å². The molecule has 0 aliphatic carbocycles. The lowest BCUT2D eigenvalue weighted by molar-refractivity contribution is -0.152. The van der Waals surface area contributed by atoms with Gasteiger partial charge in [-0.3, -0.25) is 19.2 Å². The van der Waals surface area contributed by atoms with Crippen LogP contribution >= 0.6 is 11.3 Å². The smallest absolute Gasteiger partial charge is 0.326 e. The molecule has 0 spiro atoms. The van der Waals surface area contributed by atoms with Crippen molar-refractivity contribution < 1.29 is 23.9 Å². The quantitative estimate of drug-likeness (QED) is 0.627. The molecule has 2 aromatic rings. The van der Waals surface area contributed by atoms with Gasteiger partial charge in [0.05, 0.1) is 4.88 Å². The average Bonchev–Trinajstić information content (AvgIpc) is 3.15.